The summed E-state index contributed by atoms with van der Waals surface area (Å²) in [6.07, 6.45) is 8.02. The molecule has 0 unspecified atom stereocenters. The first-order chi connectivity index (χ1) is 14.7. The maximum atomic E-state index is 4.54. The zero-order valence-electron chi connectivity index (χ0n) is 18.0. The van der Waals surface area contributed by atoms with Crippen molar-refractivity contribution in [2.24, 2.45) is 20.2 Å². The lowest BCUT2D eigenvalue weighted by Gasteiger charge is -2.00. The quantitative estimate of drug-likeness (QED) is 0.257. The van der Waals surface area contributed by atoms with Crippen LogP contribution < -0.4 is 10.9 Å². The normalized spacial score (nSPS) is 12.6. The Morgan fingerprint density at radius 3 is 1.43 bits per heavy atom. The van der Waals surface area contributed by atoms with E-state index in [1.54, 1.807) is 12.4 Å². The fourth-order valence-corrected chi connectivity index (χ4v) is 2.60. The largest absolute Gasteiger partial charge is 0.288 e. The van der Waals surface area contributed by atoms with E-state index in [2.05, 4.69) is 31.0 Å². The second-order valence-electron chi connectivity index (χ2n) is 6.93. The molecule has 0 saturated heterocycles. The summed E-state index contributed by atoms with van der Waals surface area (Å²) in [5, 5.41) is 8.40. The summed E-state index contributed by atoms with van der Waals surface area (Å²) < 4.78 is 0. The monoisotopic (exact) mass is 404 g/mol. The van der Waals surface area contributed by atoms with Crippen LogP contribution in [0.2, 0.25) is 0 Å². The van der Waals surface area contributed by atoms with Crippen LogP contribution in [0.3, 0.4) is 0 Å². The molecule has 2 rings (SSSR count). The molecule has 0 aromatic heterocycles. The number of hydrogen-bond acceptors (Lipinski definition) is 6. The van der Waals surface area contributed by atoms with E-state index in [4.69, 9.17) is 0 Å². The van der Waals surface area contributed by atoms with Gasteiger partial charge in [-0.2, -0.15) is 10.2 Å². The summed E-state index contributed by atoms with van der Waals surface area (Å²) in [7, 11) is 0. The highest BCUT2D eigenvalue weighted by molar-refractivity contribution is 6.29. The van der Waals surface area contributed by atoms with Gasteiger partial charge in [0, 0.05) is 13.1 Å². The van der Waals surface area contributed by atoms with E-state index in [0.717, 1.165) is 61.6 Å². The van der Waals surface area contributed by atoms with Crippen molar-refractivity contribution < 1.29 is 0 Å². The Morgan fingerprint density at radius 1 is 0.633 bits per heavy atom. The van der Waals surface area contributed by atoms with Crippen molar-refractivity contribution in [2.45, 2.75) is 39.5 Å². The van der Waals surface area contributed by atoms with E-state index < -0.39 is 0 Å². The zero-order valence-corrected chi connectivity index (χ0v) is 18.0. The van der Waals surface area contributed by atoms with Crippen molar-refractivity contribution in [2.75, 3.05) is 23.9 Å². The highest BCUT2D eigenvalue weighted by Crippen LogP contribution is 2.05. The molecule has 30 heavy (non-hydrogen) atoms. The SMILES string of the molecule is CC(/C=N/Nc1ccccc1)=NCCCCCCN=C(C)/C=N/Nc1ccccc1. The molecule has 2 N–H and O–H groups in total. The summed E-state index contributed by atoms with van der Waals surface area (Å²) in [6, 6.07) is 19.8. The molecule has 0 aliphatic heterocycles. The van der Waals surface area contributed by atoms with E-state index in [1.807, 2.05) is 74.5 Å². The number of nitrogens with one attached hydrogen (secondary N) is 2. The first-order valence-corrected chi connectivity index (χ1v) is 10.4. The third kappa shape index (κ3) is 10.9. The number of hydrazone groups is 2. The van der Waals surface area contributed by atoms with E-state index in [-0.39, 0.29) is 0 Å². The number of benzene rings is 2. The van der Waals surface area contributed by atoms with Crippen LogP contribution in [0.25, 0.3) is 0 Å². The summed E-state index contributed by atoms with van der Waals surface area (Å²) in [5.41, 5.74) is 9.79. The van der Waals surface area contributed by atoms with Gasteiger partial charge in [-0.3, -0.25) is 20.8 Å². The Bertz CT molecular complexity index is 754. The molecule has 0 radical (unpaired) electrons. The molecule has 0 fully saturated rings. The third-order valence-corrected chi connectivity index (χ3v) is 4.23. The fourth-order valence-electron chi connectivity index (χ4n) is 2.60. The average molecular weight is 405 g/mol. The molecule has 2 aromatic rings. The lowest BCUT2D eigenvalue weighted by molar-refractivity contribution is 0.654. The second-order valence-corrected chi connectivity index (χ2v) is 6.93. The lowest BCUT2D eigenvalue weighted by Crippen LogP contribution is -1.99. The van der Waals surface area contributed by atoms with Crippen LogP contribution in [-0.2, 0) is 0 Å². The molecule has 0 heterocycles. The minimum atomic E-state index is 0.837. The zero-order chi connectivity index (χ0) is 21.3. The number of rotatable bonds is 13. The molecule has 6 heteroatoms. The van der Waals surface area contributed by atoms with Crippen LogP contribution in [0.15, 0.2) is 80.9 Å². The molecular weight excluding hydrogens is 372 g/mol. The minimum Gasteiger partial charge on any atom is -0.288 e. The minimum absolute atomic E-state index is 0.837. The summed E-state index contributed by atoms with van der Waals surface area (Å²) >= 11 is 0. The van der Waals surface area contributed by atoms with Crippen molar-refractivity contribution in [3.8, 4) is 0 Å². The molecule has 0 atom stereocenters. The lowest BCUT2D eigenvalue weighted by atomic mass is 10.2. The predicted molar refractivity (Wildman–Crippen MR) is 132 cm³/mol. The van der Waals surface area contributed by atoms with Gasteiger partial charge in [-0.1, -0.05) is 49.2 Å². The Balaban J connectivity index is 1.50. The highest BCUT2D eigenvalue weighted by Gasteiger charge is 1.92. The molecule has 6 nitrogen and oxygen atoms in total. The molecule has 158 valence electrons. The van der Waals surface area contributed by atoms with Crippen LogP contribution in [0.1, 0.15) is 39.5 Å². The van der Waals surface area contributed by atoms with Crippen LogP contribution in [0.5, 0.6) is 0 Å². The number of anilines is 2. The Morgan fingerprint density at radius 2 is 1.03 bits per heavy atom. The first kappa shape index (κ1) is 23.0. The molecule has 2 aromatic carbocycles. The molecule has 0 amide bonds. The van der Waals surface area contributed by atoms with Gasteiger partial charge in [0.2, 0.25) is 0 Å². The topological polar surface area (TPSA) is 73.5 Å². The van der Waals surface area contributed by atoms with Crippen molar-refractivity contribution >= 4 is 35.2 Å². The summed E-state index contributed by atoms with van der Waals surface area (Å²) in [4.78, 5) is 9.07. The Hall–Kier alpha value is -3.28. The first-order valence-electron chi connectivity index (χ1n) is 10.4. The molecule has 0 saturated carbocycles. The van der Waals surface area contributed by atoms with Gasteiger partial charge in [0.25, 0.3) is 0 Å². The number of hydrogen-bond donors (Lipinski definition) is 2. The number of para-hydroxylation sites is 2. The number of nitrogens with zero attached hydrogens (tertiary/aromatic N) is 4. The van der Waals surface area contributed by atoms with E-state index in [1.165, 1.54) is 0 Å². The van der Waals surface area contributed by atoms with E-state index in [9.17, 15) is 0 Å². The fraction of sp³-hybridized carbons (Fsp3) is 0.333. The van der Waals surface area contributed by atoms with Gasteiger partial charge in [0.15, 0.2) is 0 Å². The van der Waals surface area contributed by atoms with Gasteiger partial charge in [-0.05, 0) is 51.0 Å². The molecule has 0 spiro atoms. The Labute approximate surface area is 179 Å². The van der Waals surface area contributed by atoms with Gasteiger partial charge >= 0.3 is 0 Å². The number of aliphatic imine (C=N–C) groups is 2. The third-order valence-electron chi connectivity index (χ3n) is 4.23. The van der Waals surface area contributed by atoms with Crippen molar-refractivity contribution in [3.05, 3.63) is 60.7 Å². The van der Waals surface area contributed by atoms with Crippen molar-refractivity contribution in [3.63, 3.8) is 0 Å². The van der Waals surface area contributed by atoms with Crippen molar-refractivity contribution in [1.29, 1.82) is 0 Å². The van der Waals surface area contributed by atoms with E-state index >= 15 is 0 Å². The van der Waals surface area contributed by atoms with Crippen LogP contribution in [0.4, 0.5) is 11.4 Å². The van der Waals surface area contributed by atoms with Crippen LogP contribution in [0, 0.1) is 0 Å². The summed E-state index contributed by atoms with van der Waals surface area (Å²) in [6.45, 7) is 5.62. The maximum Gasteiger partial charge on any atom is 0.0680 e. The smallest absolute Gasteiger partial charge is 0.0680 e. The predicted octanol–water partition coefficient (Wildman–Crippen LogP) is 5.66. The van der Waals surface area contributed by atoms with Crippen LogP contribution in [-0.4, -0.2) is 36.9 Å². The van der Waals surface area contributed by atoms with Gasteiger partial charge < -0.3 is 0 Å². The maximum absolute atomic E-state index is 4.54. The van der Waals surface area contributed by atoms with Gasteiger partial charge in [-0.15, -0.1) is 0 Å². The van der Waals surface area contributed by atoms with Gasteiger partial charge in [0.1, 0.15) is 0 Å². The number of unbranched alkanes of at least 4 members (excludes halogenated alkanes) is 3. The molecule has 0 aliphatic carbocycles. The molecule has 0 bridgehead atoms. The summed E-state index contributed by atoms with van der Waals surface area (Å²) in [5.74, 6) is 0. The molecular formula is C24H32N6. The average Bonchev–Trinajstić information content (AvgIpc) is 2.77. The van der Waals surface area contributed by atoms with Gasteiger partial charge in [-0.25, -0.2) is 0 Å². The van der Waals surface area contributed by atoms with E-state index in [0.29, 0.717) is 0 Å². The van der Waals surface area contributed by atoms with Crippen LogP contribution >= 0.6 is 0 Å². The van der Waals surface area contributed by atoms with Crippen molar-refractivity contribution in [1.82, 2.24) is 0 Å². The Kier molecular flexibility index (Phi) is 11.3. The standard InChI is InChI=1S/C24H32N6/c1-21(19-27-29-23-13-7-5-8-14-23)25-17-11-3-4-12-18-26-22(2)20-28-30-24-15-9-6-10-16-24/h5-10,13-16,19-20,29-30H,3-4,11-12,17-18H2,1-2H3/b25-21?,26-22?,27-19+,28-20+. The van der Waals surface area contributed by atoms with Gasteiger partial charge in [0.05, 0.1) is 35.2 Å². The highest BCUT2D eigenvalue weighted by atomic mass is 15.3. The molecule has 0 aliphatic rings. The second kappa shape index (κ2) is 14.7.